The van der Waals surface area contributed by atoms with Crippen molar-refractivity contribution >= 4 is 11.6 Å². The van der Waals surface area contributed by atoms with Gasteiger partial charge in [-0.1, -0.05) is 0 Å². The number of hydrogen-bond acceptors (Lipinski definition) is 3. The second kappa shape index (κ2) is 6.45. The van der Waals surface area contributed by atoms with Gasteiger partial charge in [0.1, 0.15) is 12.1 Å². The molecule has 1 amide bonds. The van der Waals surface area contributed by atoms with Gasteiger partial charge in [-0.05, 0) is 48.5 Å². The zero-order chi connectivity index (χ0) is 17.1. The first-order valence-electron chi connectivity index (χ1n) is 7.79. The van der Waals surface area contributed by atoms with Crippen LogP contribution >= 0.6 is 0 Å². The molecule has 3 heterocycles. The molecule has 0 saturated carbocycles. The summed E-state index contributed by atoms with van der Waals surface area (Å²) in [7, 11) is 0. The van der Waals surface area contributed by atoms with Crippen LogP contribution in [0, 0.1) is 0 Å². The van der Waals surface area contributed by atoms with Gasteiger partial charge in [0.05, 0.1) is 11.9 Å². The fourth-order valence-electron chi connectivity index (χ4n) is 2.50. The van der Waals surface area contributed by atoms with Crippen LogP contribution in [-0.4, -0.2) is 25.0 Å². The van der Waals surface area contributed by atoms with E-state index in [1.54, 1.807) is 35.4 Å². The van der Waals surface area contributed by atoms with Crippen molar-refractivity contribution in [1.82, 2.24) is 19.1 Å². The second-order valence-electron chi connectivity index (χ2n) is 5.47. The number of nitrogens with one attached hydrogen (secondary N) is 1. The van der Waals surface area contributed by atoms with Gasteiger partial charge in [-0.25, -0.2) is 9.97 Å². The molecule has 0 radical (unpaired) electrons. The molecule has 1 N–H and O–H groups in total. The molecular weight excluding hydrogens is 314 g/mol. The van der Waals surface area contributed by atoms with Crippen LogP contribution < -0.4 is 5.32 Å². The van der Waals surface area contributed by atoms with E-state index in [1.807, 2.05) is 59.6 Å². The van der Waals surface area contributed by atoms with Crippen molar-refractivity contribution in [3.63, 3.8) is 0 Å². The van der Waals surface area contributed by atoms with E-state index in [9.17, 15) is 4.79 Å². The predicted molar refractivity (Wildman–Crippen MR) is 95.1 cm³/mol. The van der Waals surface area contributed by atoms with E-state index in [-0.39, 0.29) is 5.91 Å². The van der Waals surface area contributed by atoms with Crippen molar-refractivity contribution in [2.75, 3.05) is 5.32 Å². The lowest BCUT2D eigenvalue weighted by Gasteiger charge is -2.08. The number of aromatic nitrogens is 4. The van der Waals surface area contributed by atoms with Crippen molar-refractivity contribution < 1.29 is 4.79 Å². The molecule has 0 spiro atoms. The number of carbonyl (C=O) groups is 1. The monoisotopic (exact) mass is 329 g/mol. The van der Waals surface area contributed by atoms with Gasteiger partial charge in [-0.2, -0.15) is 0 Å². The Balaban J connectivity index is 1.46. The van der Waals surface area contributed by atoms with Crippen molar-refractivity contribution in [3.8, 4) is 11.5 Å². The van der Waals surface area contributed by atoms with E-state index in [4.69, 9.17) is 0 Å². The molecule has 0 saturated heterocycles. The van der Waals surface area contributed by atoms with Gasteiger partial charge in [-0.15, -0.1) is 0 Å². The number of imidazole rings is 1. The zero-order valence-corrected chi connectivity index (χ0v) is 13.3. The Hall–Kier alpha value is -3.67. The maximum atomic E-state index is 12.4. The van der Waals surface area contributed by atoms with Crippen LogP contribution in [0.25, 0.3) is 11.5 Å². The lowest BCUT2D eigenvalue weighted by molar-refractivity contribution is 0.102. The highest BCUT2D eigenvalue weighted by atomic mass is 16.1. The molecule has 3 aromatic heterocycles. The summed E-state index contributed by atoms with van der Waals surface area (Å²) in [5.74, 6) is 0.572. The lowest BCUT2D eigenvalue weighted by atomic mass is 10.2. The normalized spacial score (nSPS) is 10.6. The van der Waals surface area contributed by atoms with E-state index in [1.165, 1.54) is 0 Å². The molecule has 122 valence electrons. The predicted octanol–water partition coefficient (Wildman–Crippen LogP) is 3.31. The molecule has 0 aliphatic heterocycles. The fraction of sp³-hybridized carbons (Fsp3) is 0. The highest BCUT2D eigenvalue weighted by molar-refractivity contribution is 6.04. The van der Waals surface area contributed by atoms with E-state index in [0.717, 1.165) is 11.5 Å². The largest absolute Gasteiger partial charge is 0.324 e. The summed E-state index contributed by atoms with van der Waals surface area (Å²) < 4.78 is 3.78. The van der Waals surface area contributed by atoms with Gasteiger partial charge in [0.25, 0.3) is 5.91 Å². The molecular formula is C19H15N5O. The van der Waals surface area contributed by atoms with Crippen molar-refractivity contribution in [2.45, 2.75) is 0 Å². The van der Waals surface area contributed by atoms with Gasteiger partial charge in [-0.3, -0.25) is 9.36 Å². The highest BCUT2D eigenvalue weighted by Gasteiger charge is 2.07. The number of hydrogen-bond donors (Lipinski definition) is 1. The molecule has 0 atom stereocenters. The SMILES string of the molecule is O=C(Nc1ccc(-n2ccnc2)nc1)c1ccc(-n2cccc2)cc1. The molecule has 4 rings (SSSR count). The summed E-state index contributed by atoms with van der Waals surface area (Å²) in [6.45, 7) is 0. The summed E-state index contributed by atoms with van der Waals surface area (Å²) in [6, 6.07) is 15.0. The Bertz CT molecular complexity index is 956. The van der Waals surface area contributed by atoms with Crippen molar-refractivity contribution in [2.24, 2.45) is 0 Å². The van der Waals surface area contributed by atoms with Gasteiger partial charge >= 0.3 is 0 Å². The van der Waals surface area contributed by atoms with E-state index in [2.05, 4.69) is 15.3 Å². The molecule has 1 aromatic carbocycles. The summed E-state index contributed by atoms with van der Waals surface area (Å²) >= 11 is 0. The first-order chi connectivity index (χ1) is 12.3. The van der Waals surface area contributed by atoms with Crippen LogP contribution in [0.4, 0.5) is 5.69 Å². The number of pyridine rings is 1. The zero-order valence-electron chi connectivity index (χ0n) is 13.3. The molecule has 0 aliphatic rings. The Morgan fingerprint density at radius 3 is 2.36 bits per heavy atom. The first kappa shape index (κ1) is 14.9. The Morgan fingerprint density at radius 2 is 1.72 bits per heavy atom. The minimum absolute atomic E-state index is 0.170. The third-order valence-electron chi connectivity index (χ3n) is 3.81. The standard InChI is InChI=1S/C19H15N5O/c25-19(15-3-6-17(7-4-15)23-10-1-2-11-23)22-16-5-8-18(21-13-16)24-12-9-20-14-24/h1-14H,(H,22,25). The minimum Gasteiger partial charge on any atom is -0.324 e. The Labute approximate surface area is 144 Å². The summed E-state index contributed by atoms with van der Waals surface area (Å²) in [6.07, 6.45) is 10.7. The number of anilines is 1. The minimum atomic E-state index is -0.170. The maximum absolute atomic E-state index is 12.4. The van der Waals surface area contributed by atoms with E-state index >= 15 is 0 Å². The smallest absolute Gasteiger partial charge is 0.255 e. The maximum Gasteiger partial charge on any atom is 0.255 e. The molecule has 0 fully saturated rings. The molecule has 0 bridgehead atoms. The fourth-order valence-corrected chi connectivity index (χ4v) is 2.50. The molecule has 4 aromatic rings. The molecule has 0 aliphatic carbocycles. The average Bonchev–Trinajstić information content (AvgIpc) is 3.36. The third kappa shape index (κ3) is 3.18. The van der Waals surface area contributed by atoms with Crippen LogP contribution in [0.5, 0.6) is 0 Å². The topological polar surface area (TPSA) is 64.7 Å². The molecule has 25 heavy (non-hydrogen) atoms. The van der Waals surface area contributed by atoms with Gasteiger partial charge < -0.3 is 9.88 Å². The number of benzene rings is 1. The molecule has 0 unspecified atom stereocenters. The number of amides is 1. The van der Waals surface area contributed by atoms with Gasteiger partial charge in [0.15, 0.2) is 0 Å². The Kier molecular flexibility index (Phi) is 3.84. The molecule has 6 heteroatoms. The lowest BCUT2D eigenvalue weighted by Crippen LogP contribution is -2.12. The summed E-state index contributed by atoms with van der Waals surface area (Å²) in [5, 5.41) is 2.85. The first-order valence-corrected chi connectivity index (χ1v) is 7.79. The third-order valence-corrected chi connectivity index (χ3v) is 3.81. The van der Waals surface area contributed by atoms with Crippen LogP contribution in [-0.2, 0) is 0 Å². The summed E-state index contributed by atoms with van der Waals surface area (Å²) in [4.78, 5) is 20.7. The number of carbonyl (C=O) groups excluding carboxylic acids is 1. The quantitative estimate of drug-likeness (QED) is 0.625. The van der Waals surface area contributed by atoms with Crippen LogP contribution in [0.2, 0.25) is 0 Å². The van der Waals surface area contributed by atoms with Crippen LogP contribution in [0.3, 0.4) is 0 Å². The van der Waals surface area contributed by atoms with Crippen LogP contribution in [0.15, 0.2) is 85.8 Å². The highest BCUT2D eigenvalue weighted by Crippen LogP contribution is 2.13. The van der Waals surface area contributed by atoms with Gasteiger partial charge in [0.2, 0.25) is 0 Å². The van der Waals surface area contributed by atoms with Crippen LogP contribution in [0.1, 0.15) is 10.4 Å². The number of nitrogens with zero attached hydrogens (tertiary/aromatic N) is 4. The van der Waals surface area contributed by atoms with Gasteiger partial charge in [0, 0.05) is 36.0 Å². The Morgan fingerprint density at radius 1 is 0.920 bits per heavy atom. The average molecular weight is 329 g/mol. The van der Waals surface area contributed by atoms with Crippen molar-refractivity contribution in [3.05, 3.63) is 91.4 Å². The molecule has 6 nitrogen and oxygen atoms in total. The van der Waals surface area contributed by atoms with E-state index < -0.39 is 0 Å². The summed E-state index contributed by atoms with van der Waals surface area (Å²) in [5.41, 5.74) is 2.24. The number of rotatable bonds is 4. The second-order valence-corrected chi connectivity index (χ2v) is 5.47. The van der Waals surface area contributed by atoms with Crippen molar-refractivity contribution in [1.29, 1.82) is 0 Å². The van der Waals surface area contributed by atoms with E-state index in [0.29, 0.717) is 11.3 Å².